The summed E-state index contributed by atoms with van der Waals surface area (Å²) in [4.78, 5) is 29.5. The smallest absolute Gasteiger partial charge is 0.252 e. The highest BCUT2D eigenvalue weighted by Gasteiger charge is 2.12. The van der Waals surface area contributed by atoms with Crippen molar-refractivity contribution >= 4 is 11.7 Å². The first-order valence-corrected chi connectivity index (χ1v) is 5.64. The summed E-state index contributed by atoms with van der Waals surface area (Å²) < 4.78 is 4.83. The molecule has 100 valence electrons. The fourth-order valence-corrected chi connectivity index (χ4v) is 1.37. The van der Waals surface area contributed by atoms with E-state index in [1.807, 2.05) is 0 Å². The summed E-state index contributed by atoms with van der Waals surface area (Å²) >= 11 is 0. The van der Waals surface area contributed by atoms with Crippen LogP contribution in [0.3, 0.4) is 0 Å². The van der Waals surface area contributed by atoms with Crippen LogP contribution in [0.25, 0.3) is 0 Å². The predicted molar refractivity (Wildman–Crippen MR) is 67.6 cm³/mol. The molecule has 0 aliphatic heterocycles. The Morgan fingerprint density at radius 1 is 1.61 bits per heavy atom. The van der Waals surface area contributed by atoms with Gasteiger partial charge in [0.1, 0.15) is 17.7 Å². The molecule has 0 radical (unpaired) electrons. The summed E-state index contributed by atoms with van der Waals surface area (Å²) in [6, 6.07) is 0.835. The highest BCUT2D eigenvalue weighted by Crippen LogP contribution is 2.00. The van der Waals surface area contributed by atoms with Crippen molar-refractivity contribution in [1.82, 2.24) is 15.3 Å². The minimum absolute atomic E-state index is 0.174. The molecular weight excluding hydrogens is 236 g/mol. The van der Waals surface area contributed by atoms with Crippen LogP contribution in [0, 0.1) is 6.92 Å². The Morgan fingerprint density at radius 3 is 2.94 bits per heavy atom. The van der Waals surface area contributed by atoms with Gasteiger partial charge in [0.15, 0.2) is 0 Å². The molecule has 1 unspecified atom stereocenters. The number of nitrogens with zero attached hydrogens (tertiary/aromatic N) is 1. The van der Waals surface area contributed by atoms with Gasteiger partial charge in [0.05, 0.1) is 6.61 Å². The second-order valence-electron chi connectivity index (χ2n) is 3.87. The van der Waals surface area contributed by atoms with Crippen molar-refractivity contribution in [1.29, 1.82) is 0 Å². The Bertz CT molecular complexity index is 458. The molecule has 7 heteroatoms. The van der Waals surface area contributed by atoms with E-state index in [9.17, 15) is 9.59 Å². The number of aromatic amines is 1. The molecule has 0 spiro atoms. The van der Waals surface area contributed by atoms with Crippen LogP contribution in [0.1, 0.15) is 12.7 Å². The van der Waals surface area contributed by atoms with Crippen molar-refractivity contribution in [2.45, 2.75) is 19.9 Å². The molecule has 1 atom stereocenters. The van der Waals surface area contributed by atoms with Crippen molar-refractivity contribution in [2.24, 2.45) is 0 Å². The molecule has 0 fully saturated rings. The number of aromatic nitrogens is 2. The van der Waals surface area contributed by atoms with E-state index in [1.165, 1.54) is 6.07 Å². The minimum Gasteiger partial charge on any atom is -0.383 e. The first-order valence-electron chi connectivity index (χ1n) is 5.64. The lowest BCUT2D eigenvalue weighted by atomic mass is 10.3. The number of aryl methyl sites for hydroxylation is 1. The number of carbonyl (C=O) groups is 1. The number of methoxy groups -OCH3 is 1. The fourth-order valence-electron chi connectivity index (χ4n) is 1.37. The third kappa shape index (κ3) is 4.54. The molecule has 0 saturated carbocycles. The molecule has 0 aliphatic carbocycles. The molecule has 1 rings (SSSR count). The lowest BCUT2D eigenvalue weighted by Gasteiger charge is -2.14. The number of nitrogens with one attached hydrogen (secondary N) is 3. The van der Waals surface area contributed by atoms with Gasteiger partial charge in [-0.15, -0.1) is 0 Å². The van der Waals surface area contributed by atoms with Gasteiger partial charge in [-0.05, 0) is 13.8 Å². The number of amides is 1. The molecule has 7 nitrogen and oxygen atoms in total. The lowest BCUT2D eigenvalue weighted by Crippen LogP contribution is -2.39. The maximum absolute atomic E-state index is 11.6. The standard InChI is InChI=1S/C11H18N4O3/c1-7(11(17)12-4-5-18-3)13-9-6-10(16)15-8(2)14-9/h6-7H,4-5H2,1-3H3,(H,12,17)(H2,13,14,15,16). The first-order chi connectivity index (χ1) is 8.52. The van der Waals surface area contributed by atoms with E-state index in [-0.39, 0.29) is 11.5 Å². The minimum atomic E-state index is -0.476. The van der Waals surface area contributed by atoms with Gasteiger partial charge in [0.2, 0.25) is 5.91 Å². The van der Waals surface area contributed by atoms with Gasteiger partial charge in [-0.2, -0.15) is 0 Å². The Kier molecular flexibility index (Phi) is 5.31. The SMILES string of the molecule is COCCNC(=O)C(C)Nc1cc(=O)[nH]c(C)n1. The largest absolute Gasteiger partial charge is 0.383 e. The van der Waals surface area contributed by atoms with Crippen LogP contribution in [-0.2, 0) is 9.53 Å². The van der Waals surface area contributed by atoms with Crippen LogP contribution in [-0.4, -0.2) is 42.2 Å². The highest BCUT2D eigenvalue weighted by atomic mass is 16.5. The van der Waals surface area contributed by atoms with Crippen LogP contribution in [0.4, 0.5) is 5.82 Å². The Balaban J connectivity index is 2.55. The molecule has 0 saturated heterocycles. The Labute approximate surface area is 105 Å². The van der Waals surface area contributed by atoms with Crippen LogP contribution in [0.15, 0.2) is 10.9 Å². The van der Waals surface area contributed by atoms with Crippen molar-refractivity contribution in [3.05, 3.63) is 22.2 Å². The summed E-state index contributed by atoms with van der Waals surface area (Å²) in [5.74, 6) is 0.703. The summed E-state index contributed by atoms with van der Waals surface area (Å²) in [6.07, 6.45) is 0. The number of rotatable bonds is 6. The molecule has 0 aromatic carbocycles. The quantitative estimate of drug-likeness (QED) is 0.602. The monoisotopic (exact) mass is 254 g/mol. The second-order valence-corrected chi connectivity index (χ2v) is 3.87. The number of hydrogen-bond acceptors (Lipinski definition) is 5. The van der Waals surface area contributed by atoms with Crippen molar-refractivity contribution in [3.8, 4) is 0 Å². The molecular formula is C11H18N4O3. The number of carbonyl (C=O) groups excluding carboxylic acids is 1. The van der Waals surface area contributed by atoms with Gasteiger partial charge in [0.25, 0.3) is 5.56 Å². The average molecular weight is 254 g/mol. The maximum Gasteiger partial charge on any atom is 0.252 e. The van der Waals surface area contributed by atoms with Crippen LogP contribution >= 0.6 is 0 Å². The predicted octanol–water partition coefficient (Wildman–Crippen LogP) is -0.359. The summed E-state index contributed by atoms with van der Waals surface area (Å²) in [7, 11) is 1.57. The number of H-pyrrole nitrogens is 1. The van der Waals surface area contributed by atoms with E-state index < -0.39 is 6.04 Å². The normalized spacial score (nSPS) is 11.9. The maximum atomic E-state index is 11.6. The second kappa shape index (κ2) is 6.75. The topological polar surface area (TPSA) is 96.1 Å². The zero-order valence-corrected chi connectivity index (χ0v) is 10.7. The molecule has 1 amide bonds. The highest BCUT2D eigenvalue weighted by molar-refractivity contribution is 5.83. The summed E-state index contributed by atoms with van der Waals surface area (Å²) in [6.45, 7) is 4.28. The van der Waals surface area contributed by atoms with Crippen LogP contribution in [0.2, 0.25) is 0 Å². The molecule has 1 aromatic heterocycles. The lowest BCUT2D eigenvalue weighted by molar-refractivity contribution is -0.121. The fraction of sp³-hybridized carbons (Fsp3) is 0.545. The Morgan fingerprint density at radius 2 is 2.33 bits per heavy atom. The third-order valence-electron chi connectivity index (χ3n) is 2.22. The third-order valence-corrected chi connectivity index (χ3v) is 2.22. The van der Waals surface area contributed by atoms with Gasteiger partial charge < -0.3 is 20.4 Å². The molecule has 18 heavy (non-hydrogen) atoms. The van der Waals surface area contributed by atoms with E-state index in [2.05, 4.69) is 20.6 Å². The number of anilines is 1. The molecule has 1 aromatic rings. The van der Waals surface area contributed by atoms with Crippen molar-refractivity contribution < 1.29 is 9.53 Å². The van der Waals surface area contributed by atoms with Gasteiger partial charge in [-0.3, -0.25) is 9.59 Å². The average Bonchev–Trinajstić information content (AvgIpc) is 2.27. The molecule has 3 N–H and O–H groups in total. The van der Waals surface area contributed by atoms with Gasteiger partial charge >= 0.3 is 0 Å². The first kappa shape index (κ1) is 14.2. The summed E-state index contributed by atoms with van der Waals surface area (Å²) in [5.41, 5.74) is -0.253. The number of hydrogen-bond donors (Lipinski definition) is 3. The van der Waals surface area contributed by atoms with E-state index >= 15 is 0 Å². The Hall–Kier alpha value is -1.89. The van der Waals surface area contributed by atoms with Crippen molar-refractivity contribution in [2.75, 3.05) is 25.6 Å². The molecule has 0 aliphatic rings. The number of ether oxygens (including phenoxy) is 1. The van der Waals surface area contributed by atoms with E-state index in [0.29, 0.717) is 24.8 Å². The van der Waals surface area contributed by atoms with Gasteiger partial charge in [-0.1, -0.05) is 0 Å². The zero-order valence-electron chi connectivity index (χ0n) is 10.7. The van der Waals surface area contributed by atoms with Gasteiger partial charge in [0, 0.05) is 19.7 Å². The van der Waals surface area contributed by atoms with Crippen LogP contribution < -0.4 is 16.2 Å². The molecule has 1 heterocycles. The van der Waals surface area contributed by atoms with Crippen LogP contribution in [0.5, 0.6) is 0 Å². The zero-order chi connectivity index (χ0) is 13.5. The summed E-state index contributed by atoms with van der Waals surface area (Å²) in [5, 5.41) is 5.56. The molecule has 0 bridgehead atoms. The van der Waals surface area contributed by atoms with Crippen molar-refractivity contribution in [3.63, 3.8) is 0 Å². The van der Waals surface area contributed by atoms with E-state index in [1.54, 1.807) is 21.0 Å². The van der Waals surface area contributed by atoms with Gasteiger partial charge in [-0.25, -0.2) is 4.98 Å². The van der Waals surface area contributed by atoms with E-state index in [0.717, 1.165) is 0 Å². The van der Waals surface area contributed by atoms with E-state index in [4.69, 9.17) is 4.74 Å².